The van der Waals surface area contributed by atoms with Crippen LogP contribution in [0.3, 0.4) is 0 Å². The lowest BCUT2D eigenvalue weighted by Crippen LogP contribution is -2.45. The molecule has 0 fully saturated rings. The lowest BCUT2D eigenvalue weighted by Gasteiger charge is -2.28. The van der Waals surface area contributed by atoms with E-state index in [1.807, 2.05) is 0 Å². The van der Waals surface area contributed by atoms with Crippen molar-refractivity contribution in [1.29, 1.82) is 5.26 Å². The minimum absolute atomic E-state index is 0.0239. The summed E-state index contributed by atoms with van der Waals surface area (Å²) in [7, 11) is 0. The number of primary amides is 1. The molecule has 10 heteroatoms. The molecule has 0 radical (unpaired) electrons. The Balaban J connectivity index is 1.84. The molecule has 8 nitrogen and oxygen atoms in total. The zero-order valence-electron chi connectivity index (χ0n) is 17.2. The van der Waals surface area contributed by atoms with E-state index in [0.717, 1.165) is 6.07 Å². The third-order valence-electron chi connectivity index (χ3n) is 4.91. The number of anilines is 1. The Morgan fingerprint density at radius 2 is 1.91 bits per heavy atom. The summed E-state index contributed by atoms with van der Waals surface area (Å²) in [5, 5.41) is 11.4. The average Bonchev–Trinajstić information content (AvgIpc) is 2.76. The van der Waals surface area contributed by atoms with Crippen molar-refractivity contribution >= 4 is 29.0 Å². The number of halogens is 2. The Labute approximate surface area is 182 Å². The average molecular weight is 438 g/mol. The molecule has 3 amide bonds. The monoisotopic (exact) mass is 438 g/mol. The van der Waals surface area contributed by atoms with Gasteiger partial charge in [0.1, 0.15) is 17.7 Å². The number of carbonyl (C=O) groups is 2. The Hall–Kier alpha value is -4.26. The van der Waals surface area contributed by atoms with E-state index in [1.165, 1.54) is 35.2 Å². The number of aryl methyl sites for hydroxylation is 1. The maximum absolute atomic E-state index is 13.8. The number of nitrogens with two attached hydrogens (primary N) is 2. The van der Waals surface area contributed by atoms with Gasteiger partial charge in [0.05, 0.1) is 35.6 Å². The summed E-state index contributed by atoms with van der Waals surface area (Å²) in [6.07, 6.45) is 0. The van der Waals surface area contributed by atoms with Crippen LogP contribution in [0, 0.1) is 29.9 Å². The normalized spacial score (nSPS) is 14.2. The van der Waals surface area contributed by atoms with Crippen molar-refractivity contribution in [3.05, 3.63) is 70.3 Å². The van der Waals surface area contributed by atoms with Crippen molar-refractivity contribution in [3.8, 4) is 6.07 Å². The number of hydrogen-bond donors (Lipinski definition) is 3. The summed E-state index contributed by atoms with van der Waals surface area (Å²) >= 11 is 0. The van der Waals surface area contributed by atoms with Crippen LogP contribution >= 0.6 is 0 Å². The van der Waals surface area contributed by atoms with Crippen LogP contribution < -0.4 is 16.8 Å². The van der Waals surface area contributed by atoms with Crippen molar-refractivity contribution in [1.82, 2.24) is 4.90 Å². The highest BCUT2D eigenvalue weighted by Gasteiger charge is 2.26. The first-order valence-electron chi connectivity index (χ1n) is 9.56. The first kappa shape index (κ1) is 22.4. The van der Waals surface area contributed by atoms with E-state index in [0.29, 0.717) is 11.1 Å². The second-order valence-electron chi connectivity index (χ2n) is 7.10. The molecule has 0 atom stereocenters. The predicted molar refractivity (Wildman–Crippen MR) is 115 cm³/mol. The molecule has 1 aliphatic rings. The van der Waals surface area contributed by atoms with Crippen molar-refractivity contribution < 1.29 is 18.4 Å². The van der Waals surface area contributed by atoms with Gasteiger partial charge in [-0.25, -0.2) is 13.6 Å². The van der Waals surface area contributed by atoms with E-state index >= 15 is 0 Å². The van der Waals surface area contributed by atoms with E-state index in [4.69, 9.17) is 16.7 Å². The highest BCUT2D eigenvalue weighted by atomic mass is 19.1. The Bertz CT molecular complexity index is 1200. The van der Waals surface area contributed by atoms with Gasteiger partial charge in [0.15, 0.2) is 0 Å². The number of nitriles is 1. The summed E-state index contributed by atoms with van der Waals surface area (Å²) in [4.78, 5) is 30.5. The third-order valence-corrected chi connectivity index (χ3v) is 4.91. The van der Waals surface area contributed by atoms with E-state index in [2.05, 4.69) is 10.3 Å². The molecule has 164 valence electrons. The molecule has 1 heterocycles. The van der Waals surface area contributed by atoms with E-state index in [-0.39, 0.29) is 47.9 Å². The van der Waals surface area contributed by atoms with Crippen LogP contribution in [0.4, 0.5) is 19.3 Å². The van der Waals surface area contributed by atoms with Crippen molar-refractivity contribution in [3.63, 3.8) is 0 Å². The number of rotatable bonds is 4. The van der Waals surface area contributed by atoms with Crippen LogP contribution in [0.15, 0.2) is 47.0 Å². The molecule has 3 rings (SSSR count). The zero-order valence-corrected chi connectivity index (χ0v) is 17.2. The molecule has 0 saturated carbocycles. The SMILES string of the molecule is Cc1cc(C(N)=C(C(N)=O)C2=NCCN(C(=O)Nc3ccc(C#N)c(F)c3)C2)ccc1F. The number of nitrogens with zero attached hydrogens (tertiary/aromatic N) is 3. The van der Waals surface area contributed by atoms with Crippen LogP contribution in [-0.2, 0) is 4.79 Å². The maximum Gasteiger partial charge on any atom is 0.322 e. The molecule has 0 unspecified atom stereocenters. The largest absolute Gasteiger partial charge is 0.398 e. The Morgan fingerprint density at radius 3 is 2.53 bits per heavy atom. The summed E-state index contributed by atoms with van der Waals surface area (Å²) in [6.45, 7) is 1.93. The third kappa shape index (κ3) is 4.73. The highest BCUT2D eigenvalue weighted by molar-refractivity contribution is 6.27. The molecule has 2 aromatic rings. The van der Waals surface area contributed by atoms with Crippen LogP contribution in [0.1, 0.15) is 16.7 Å². The second kappa shape index (κ2) is 9.26. The van der Waals surface area contributed by atoms with Crippen LogP contribution in [0.5, 0.6) is 0 Å². The van der Waals surface area contributed by atoms with Crippen molar-refractivity contribution in [2.75, 3.05) is 25.0 Å². The fourth-order valence-corrected chi connectivity index (χ4v) is 3.22. The van der Waals surface area contributed by atoms with Crippen molar-refractivity contribution in [2.45, 2.75) is 6.92 Å². The topological polar surface area (TPSA) is 138 Å². The molecule has 0 aromatic heterocycles. The number of nitrogens with one attached hydrogen (secondary N) is 1. The Kier molecular flexibility index (Phi) is 6.49. The van der Waals surface area contributed by atoms with Crippen LogP contribution in [0.2, 0.25) is 0 Å². The predicted octanol–water partition coefficient (Wildman–Crippen LogP) is 2.29. The smallest absolute Gasteiger partial charge is 0.322 e. The van der Waals surface area contributed by atoms with Gasteiger partial charge in [0.2, 0.25) is 0 Å². The standard InChI is InChI=1S/C22H20F2N6O2/c1-12-8-13(3-5-16(12)23)20(26)19(21(27)31)18-11-30(7-6-28-18)22(32)29-15-4-2-14(10-25)17(24)9-15/h2-5,8-9H,6-7,11,26H2,1H3,(H2,27,31)(H,29,32). The number of benzene rings is 2. The molecule has 5 N–H and O–H groups in total. The number of urea groups is 1. The number of aliphatic imine (C=N–C) groups is 1. The second-order valence-corrected chi connectivity index (χ2v) is 7.10. The van der Waals surface area contributed by atoms with E-state index < -0.39 is 23.6 Å². The molecule has 32 heavy (non-hydrogen) atoms. The van der Waals surface area contributed by atoms with Gasteiger partial charge in [0.25, 0.3) is 5.91 Å². The fourth-order valence-electron chi connectivity index (χ4n) is 3.22. The van der Waals surface area contributed by atoms with E-state index in [9.17, 15) is 18.4 Å². The molecule has 0 aliphatic carbocycles. The van der Waals surface area contributed by atoms with Crippen LogP contribution in [0.25, 0.3) is 5.70 Å². The molecule has 1 aliphatic heterocycles. The molecule has 2 aromatic carbocycles. The van der Waals surface area contributed by atoms with Gasteiger partial charge in [-0.3, -0.25) is 9.79 Å². The van der Waals surface area contributed by atoms with E-state index in [1.54, 1.807) is 13.0 Å². The van der Waals surface area contributed by atoms with Crippen LogP contribution in [-0.4, -0.2) is 42.2 Å². The molecule has 0 bridgehead atoms. The van der Waals surface area contributed by atoms with Gasteiger partial charge in [-0.2, -0.15) is 5.26 Å². The molecule has 0 saturated heterocycles. The minimum atomic E-state index is -0.834. The van der Waals surface area contributed by atoms with Gasteiger partial charge in [-0.15, -0.1) is 0 Å². The molecular weight excluding hydrogens is 418 g/mol. The molecule has 0 spiro atoms. The highest BCUT2D eigenvalue weighted by Crippen LogP contribution is 2.20. The summed E-state index contributed by atoms with van der Waals surface area (Å²) < 4.78 is 27.4. The van der Waals surface area contributed by atoms with Gasteiger partial charge in [-0.05, 0) is 54.4 Å². The number of amides is 3. The zero-order chi connectivity index (χ0) is 23.4. The van der Waals surface area contributed by atoms with Gasteiger partial charge < -0.3 is 21.7 Å². The summed E-state index contributed by atoms with van der Waals surface area (Å²) in [5.74, 6) is -2.01. The van der Waals surface area contributed by atoms with Gasteiger partial charge in [-0.1, -0.05) is 0 Å². The van der Waals surface area contributed by atoms with Gasteiger partial charge in [0, 0.05) is 12.2 Å². The Morgan fingerprint density at radius 1 is 1.16 bits per heavy atom. The first-order valence-corrected chi connectivity index (χ1v) is 9.56. The summed E-state index contributed by atoms with van der Waals surface area (Å²) in [5.41, 5.74) is 12.7. The van der Waals surface area contributed by atoms with Gasteiger partial charge >= 0.3 is 6.03 Å². The van der Waals surface area contributed by atoms with Crippen molar-refractivity contribution in [2.24, 2.45) is 16.5 Å². The quantitative estimate of drug-likeness (QED) is 0.631. The lowest BCUT2D eigenvalue weighted by atomic mass is 9.99. The number of carbonyl (C=O) groups excluding carboxylic acids is 2. The first-order chi connectivity index (χ1) is 15.2. The summed E-state index contributed by atoms with van der Waals surface area (Å²) in [6, 6.07) is 8.99. The molecular formula is C22H20F2N6O2. The maximum atomic E-state index is 13.8. The fraction of sp³-hybridized carbons (Fsp3) is 0.182. The minimum Gasteiger partial charge on any atom is -0.398 e. The number of hydrogen-bond acceptors (Lipinski definition) is 5. The lowest BCUT2D eigenvalue weighted by molar-refractivity contribution is -0.114.